The largest absolute Gasteiger partial charge is 0.508 e. The summed E-state index contributed by atoms with van der Waals surface area (Å²) in [6.07, 6.45) is 7.15. The number of aromatic hydroxyl groups is 1. The molecule has 3 N–H and O–H groups in total. The van der Waals surface area contributed by atoms with Crippen molar-refractivity contribution in [1.29, 1.82) is 0 Å². The van der Waals surface area contributed by atoms with E-state index in [0.717, 1.165) is 18.4 Å². The summed E-state index contributed by atoms with van der Waals surface area (Å²) in [6.45, 7) is 8.20. The van der Waals surface area contributed by atoms with Crippen molar-refractivity contribution in [3.63, 3.8) is 0 Å². The first kappa shape index (κ1) is 28.4. The summed E-state index contributed by atoms with van der Waals surface area (Å²) in [5, 5.41) is 31.8. The molecule has 0 radical (unpaired) electrons. The summed E-state index contributed by atoms with van der Waals surface area (Å²) >= 11 is 0. The Bertz CT molecular complexity index is 1290. The van der Waals surface area contributed by atoms with E-state index in [0.29, 0.717) is 29.7 Å². The van der Waals surface area contributed by atoms with Crippen LogP contribution >= 0.6 is 0 Å². The summed E-state index contributed by atoms with van der Waals surface area (Å²) in [6, 6.07) is 9.53. The van der Waals surface area contributed by atoms with Crippen molar-refractivity contribution in [3.05, 3.63) is 82.0 Å². The number of hydrogen-bond acceptors (Lipinski definition) is 5. The number of allylic oxidation sites excluding steroid dienone is 4. The van der Waals surface area contributed by atoms with Crippen molar-refractivity contribution in [2.24, 2.45) is 0 Å². The van der Waals surface area contributed by atoms with Gasteiger partial charge in [0, 0.05) is 24.0 Å². The lowest BCUT2D eigenvalue weighted by Gasteiger charge is -2.41. The van der Waals surface area contributed by atoms with Crippen LogP contribution in [-0.2, 0) is 24.2 Å². The molecule has 39 heavy (non-hydrogen) atoms. The molecule has 7 heteroatoms. The topological polar surface area (TPSA) is 107 Å². The van der Waals surface area contributed by atoms with E-state index in [1.165, 1.54) is 22.1 Å². The van der Waals surface area contributed by atoms with Crippen LogP contribution in [0, 0.1) is 0 Å². The van der Waals surface area contributed by atoms with Crippen molar-refractivity contribution >= 4 is 11.9 Å². The molecule has 0 unspecified atom stereocenters. The van der Waals surface area contributed by atoms with Crippen LogP contribution in [0.1, 0.15) is 80.4 Å². The minimum absolute atomic E-state index is 0.0656. The van der Waals surface area contributed by atoms with Crippen LogP contribution in [0.4, 0.5) is 0 Å². The standard InChI is InChI=1S/C32H39NO6/c1-20(2)10-8-11-21(3)12-9-15-32(4)28(35)18-24-27(34)17-23-25(29(24)39-32)19-33(30(23)36)26(31(37)38)16-22-13-6-5-7-14-22/h5-7,10,12-14,17,26,28,34-35H,8-9,11,15-16,18-19H2,1-4H3,(H,37,38)/b21-12+/t26-,28+,32-/m0/s1. The SMILES string of the molecule is CC(C)=CCC/C(C)=C/CC[C@]1(C)Oc2c(c(O)cc3c2CN([C@@H](Cc2ccccc2)C(=O)O)C3=O)C[C@H]1O. The van der Waals surface area contributed by atoms with Crippen LogP contribution in [0.5, 0.6) is 11.5 Å². The molecule has 0 aromatic heterocycles. The summed E-state index contributed by atoms with van der Waals surface area (Å²) in [5.74, 6) is -1.27. The molecular weight excluding hydrogens is 494 g/mol. The van der Waals surface area contributed by atoms with E-state index in [2.05, 4.69) is 32.9 Å². The number of amides is 1. The molecule has 1 amide bonds. The molecule has 0 aliphatic carbocycles. The predicted molar refractivity (Wildman–Crippen MR) is 150 cm³/mol. The van der Waals surface area contributed by atoms with Crippen molar-refractivity contribution < 1.29 is 29.6 Å². The third-order valence-corrected chi connectivity index (χ3v) is 7.88. The molecule has 208 valence electrons. The zero-order valence-electron chi connectivity index (χ0n) is 23.2. The highest BCUT2D eigenvalue weighted by molar-refractivity contribution is 6.02. The first-order chi connectivity index (χ1) is 18.5. The van der Waals surface area contributed by atoms with E-state index in [1.54, 1.807) is 0 Å². The highest BCUT2D eigenvalue weighted by Crippen LogP contribution is 2.46. The molecule has 0 fully saturated rings. The summed E-state index contributed by atoms with van der Waals surface area (Å²) in [4.78, 5) is 27.0. The van der Waals surface area contributed by atoms with E-state index in [1.807, 2.05) is 37.3 Å². The summed E-state index contributed by atoms with van der Waals surface area (Å²) in [5.41, 5.74) is 3.75. The molecule has 2 aromatic rings. The van der Waals surface area contributed by atoms with Crippen LogP contribution in [0.15, 0.2) is 59.7 Å². The lowest BCUT2D eigenvalue weighted by atomic mass is 9.84. The quantitative estimate of drug-likeness (QED) is 0.345. The number of ether oxygens (including phenoxy) is 1. The van der Waals surface area contributed by atoms with E-state index < -0.39 is 29.6 Å². The Labute approximate surface area is 230 Å². The maximum absolute atomic E-state index is 13.4. The van der Waals surface area contributed by atoms with Gasteiger partial charge in [-0.25, -0.2) is 4.79 Å². The van der Waals surface area contributed by atoms with Gasteiger partial charge in [0.15, 0.2) is 0 Å². The van der Waals surface area contributed by atoms with E-state index in [-0.39, 0.29) is 30.7 Å². The third kappa shape index (κ3) is 6.19. The van der Waals surface area contributed by atoms with Gasteiger partial charge in [-0.1, -0.05) is 53.6 Å². The number of carbonyl (C=O) groups is 2. The Hall–Kier alpha value is -3.58. The minimum Gasteiger partial charge on any atom is -0.508 e. The number of hydrogen-bond donors (Lipinski definition) is 3. The number of phenols is 1. The Kier molecular flexibility index (Phi) is 8.50. The fourth-order valence-electron chi connectivity index (χ4n) is 5.44. The molecule has 0 spiro atoms. The molecule has 7 nitrogen and oxygen atoms in total. The van der Waals surface area contributed by atoms with Gasteiger partial charge in [-0.05, 0) is 65.0 Å². The molecule has 0 saturated heterocycles. The van der Waals surface area contributed by atoms with Crippen LogP contribution in [-0.4, -0.2) is 49.8 Å². The number of fused-ring (bicyclic) bond motifs is 3. The van der Waals surface area contributed by atoms with Gasteiger partial charge in [0.2, 0.25) is 0 Å². The molecule has 2 aromatic carbocycles. The zero-order valence-corrected chi connectivity index (χ0v) is 23.2. The van der Waals surface area contributed by atoms with E-state index in [9.17, 15) is 24.9 Å². The van der Waals surface area contributed by atoms with Gasteiger partial charge in [-0.3, -0.25) is 4.79 Å². The molecule has 2 heterocycles. The number of aliphatic hydroxyl groups is 1. The highest BCUT2D eigenvalue weighted by Gasteiger charge is 2.45. The second kappa shape index (κ2) is 11.7. The van der Waals surface area contributed by atoms with Gasteiger partial charge >= 0.3 is 5.97 Å². The van der Waals surface area contributed by atoms with Gasteiger partial charge < -0.3 is 25.0 Å². The number of benzene rings is 2. The number of carbonyl (C=O) groups excluding carboxylic acids is 1. The molecule has 2 aliphatic rings. The van der Waals surface area contributed by atoms with Gasteiger partial charge in [0.25, 0.3) is 5.91 Å². The monoisotopic (exact) mass is 533 g/mol. The van der Waals surface area contributed by atoms with Crippen molar-refractivity contribution in [3.8, 4) is 11.5 Å². The Morgan fingerprint density at radius 2 is 1.87 bits per heavy atom. The molecule has 3 atom stereocenters. The fourth-order valence-corrected chi connectivity index (χ4v) is 5.44. The van der Waals surface area contributed by atoms with Gasteiger partial charge in [0.1, 0.15) is 23.1 Å². The van der Waals surface area contributed by atoms with E-state index in [4.69, 9.17) is 4.74 Å². The Morgan fingerprint density at radius 1 is 1.15 bits per heavy atom. The first-order valence-electron chi connectivity index (χ1n) is 13.6. The van der Waals surface area contributed by atoms with Crippen LogP contribution in [0.3, 0.4) is 0 Å². The lowest BCUT2D eigenvalue weighted by Crippen LogP contribution is -2.49. The number of aliphatic carboxylic acids is 1. The smallest absolute Gasteiger partial charge is 0.326 e. The molecular formula is C32H39NO6. The zero-order chi connectivity index (χ0) is 28.3. The minimum atomic E-state index is -1.09. The second-order valence-corrected chi connectivity index (χ2v) is 11.3. The van der Waals surface area contributed by atoms with E-state index >= 15 is 0 Å². The maximum Gasteiger partial charge on any atom is 0.326 e. The summed E-state index contributed by atoms with van der Waals surface area (Å²) in [7, 11) is 0. The van der Waals surface area contributed by atoms with Gasteiger partial charge in [-0.2, -0.15) is 0 Å². The normalized spacial score (nSPS) is 21.2. The van der Waals surface area contributed by atoms with Crippen LogP contribution < -0.4 is 4.74 Å². The first-order valence-corrected chi connectivity index (χ1v) is 13.6. The summed E-state index contributed by atoms with van der Waals surface area (Å²) < 4.78 is 6.43. The van der Waals surface area contributed by atoms with Crippen molar-refractivity contribution in [1.82, 2.24) is 4.90 Å². The number of rotatable bonds is 10. The number of nitrogens with zero attached hydrogens (tertiary/aromatic N) is 1. The third-order valence-electron chi connectivity index (χ3n) is 7.88. The van der Waals surface area contributed by atoms with Crippen molar-refractivity contribution in [2.75, 3.05) is 0 Å². The average molecular weight is 534 g/mol. The lowest BCUT2D eigenvalue weighted by molar-refractivity contribution is -0.142. The molecule has 0 saturated carbocycles. The Morgan fingerprint density at radius 3 is 2.54 bits per heavy atom. The highest BCUT2D eigenvalue weighted by atomic mass is 16.5. The molecule has 2 aliphatic heterocycles. The maximum atomic E-state index is 13.4. The number of phenolic OH excluding ortho intramolecular Hbond substituents is 1. The number of carboxylic acids is 1. The Balaban J connectivity index is 1.56. The van der Waals surface area contributed by atoms with Crippen molar-refractivity contribution in [2.45, 2.75) is 90.5 Å². The second-order valence-electron chi connectivity index (χ2n) is 11.3. The molecule has 0 bridgehead atoms. The number of aliphatic hydroxyl groups excluding tert-OH is 1. The number of carboxylic acid groups (broad SMARTS) is 1. The van der Waals surface area contributed by atoms with Gasteiger partial charge in [0.05, 0.1) is 18.2 Å². The molecule has 4 rings (SSSR count). The average Bonchev–Trinajstić information content (AvgIpc) is 3.20. The fraction of sp³-hybridized carbons (Fsp3) is 0.438. The van der Waals surface area contributed by atoms with Crippen LogP contribution in [0.2, 0.25) is 0 Å². The predicted octanol–water partition coefficient (Wildman–Crippen LogP) is 5.57. The van der Waals surface area contributed by atoms with Crippen LogP contribution in [0.25, 0.3) is 0 Å². The van der Waals surface area contributed by atoms with Gasteiger partial charge in [-0.15, -0.1) is 0 Å².